The fraction of sp³-hybridized carbons (Fsp3) is 0.538. The van der Waals surface area contributed by atoms with Gasteiger partial charge in [0, 0.05) is 17.6 Å². The van der Waals surface area contributed by atoms with Crippen LogP contribution in [-0.4, -0.2) is 31.6 Å². The molecule has 1 aromatic carbocycles. The van der Waals surface area contributed by atoms with Gasteiger partial charge in [-0.2, -0.15) is 0 Å². The molecule has 1 atom stereocenters. The van der Waals surface area contributed by atoms with Crippen molar-refractivity contribution in [1.82, 2.24) is 10.2 Å². The first-order chi connectivity index (χ1) is 7.79. The summed E-state index contributed by atoms with van der Waals surface area (Å²) in [6.07, 6.45) is 2.69. The number of likely N-dealkylation sites (N-methyl/N-ethyl adjacent to an activating group) is 1. The predicted octanol–water partition coefficient (Wildman–Crippen LogP) is 3.12. The van der Waals surface area contributed by atoms with E-state index in [4.69, 9.17) is 11.6 Å². The second-order valence-corrected chi connectivity index (χ2v) is 4.84. The van der Waals surface area contributed by atoms with Crippen LogP contribution in [0, 0.1) is 0 Å². The molecule has 4 heteroatoms. The largest absolute Gasteiger partial charge is 0.312 e. The molecule has 1 aromatic rings. The van der Waals surface area contributed by atoms with E-state index in [1.54, 1.807) is 0 Å². The van der Waals surface area contributed by atoms with Gasteiger partial charge in [0.25, 0.3) is 0 Å². The third kappa shape index (κ3) is 4.14. The van der Waals surface area contributed by atoms with Crippen molar-refractivity contribution in [3.8, 4) is 0 Å². The summed E-state index contributed by atoms with van der Waals surface area (Å²) < 4.78 is 0. The van der Waals surface area contributed by atoms with Gasteiger partial charge in [0.15, 0.2) is 0 Å². The number of hydrogen-bond acceptors (Lipinski definition) is 2. The Labute approximate surface area is 115 Å². The summed E-state index contributed by atoms with van der Waals surface area (Å²) in [5.41, 5.74) is 1.32. The van der Waals surface area contributed by atoms with Crippen LogP contribution < -0.4 is 5.32 Å². The van der Waals surface area contributed by atoms with Crippen LogP contribution in [0.3, 0.4) is 0 Å². The molecule has 0 aromatic heterocycles. The van der Waals surface area contributed by atoms with Crippen LogP contribution in [0.1, 0.15) is 24.4 Å². The van der Waals surface area contributed by atoms with E-state index in [9.17, 15) is 0 Å². The standard InChI is InChI=1S/C13H19ClN2.ClH/c1-15-13(10-16-8-2-3-9-16)11-4-6-12(14)7-5-11;/h4-7,13,15H,2-3,8-10H2,1H3;1H. The number of rotatable bonds is 4. The first-order valence-electron chi connectivity index (χ1n) is 5.94. The SMILES string of the molecule is CNC(CN1CCCC1)c1ccc(Cl)cc1.Cl. The Morgan fingerprint density at radius 1 is 1.24 bits per heavy atom. The Balaban J connectivity index is 0.00000144. The Morgan fingerprint density at radius 2 is 1.82 bits per heavy atom. The molecule has 1 saturated heterocycles. The van der Waals surface area contributed by atoms with Crippen molar-refractivity contribution in [3.05, 3.63) is 34.9 Å². The minimum absolute atomic E-state index is 0. The lowest BCUT2D eigenvalue weighted by Crippen LogP contribution is -2.31. The highest BCUT2D eigenvalue weighted by molar-refractivity contribution is 6.30. The quantitative estimate of drug-likeness (QED) is 0.908. The molecule has 1 aliphatic rings. The molecule has 0 saturated carbocycles. The van der Waals surface area contributed by atoms with Gasteiger partial charge < -0.3 is 10.2 Å². The Hall–Kier alpha value is -0.280. The van der Waals surface area contributed by atoms with Crippen molar-refractivity contribution in [2.75, 3.05) is 26.7 Å². The van der Waals surface area contributed by atoms with Gasteiger partial charge >= 0.3 is 0 Å². The lowest BCUT2D eigenvalue weighted by Gasteiger charge is -2.23. The number of hydrogen-bond donors (Lipinski definition) is 1. The molecule has 1 heterocycles. The summed E-state index contributed by atoms with van der Waals surface area (Å²) in [4.78, 5) is 2.52. The molecule has 1 unspecified atom stereocenters. The molecular weight excluding hydrogens is 255 g/mol. The Morgan fingerprint density at radius 3 is 2.35 bits per heavy atom. The lowest BCUT2D eigenvalue weighted by molar-refractivity contribution is 0.299. The van der Waals surface area contributed by atoms with E-state index >= 15 is 0 Å². The molecule has 2 rings (SSSR count). The summed E-state index contributed by atoms with van der Waals surface area (Å²) >= 11 is 5.90. The number of nitrogens with one attached hydrogen (secondary N) is 1. The number of benzene rings is 1. The molecule has 0 aliphatic carbocycles. The first kappa shape index (κ1) is 14.8. The van der Waals surface area contributed by atoms with E-state index in [1.807, 2.05) is 19.2 Å². The zero-order valence-electron chi connectivity index (χ0n) is 10.2. The molecule has 0 spiro atoms. The van der Waals surface area contributed by atoms with Gasteiger partial charge in [-0.3, -0.25) is 0 Å². The third-order valence-corrected chi connectivity index (χ3v) is 3.51. The van der Waals surface area contributed by atoms with E-state index < -0.39 is 0 Å². The second-order valence-electron chi connectivity index (χ2n) is 4.40. The minimum Gasteiger partial charge on any atom is -0.312 e. The van der Waals surface area contributed by atoms with E-state index in [-0.39, 0.29) is 12.4 Å². The molecule has 0 amide bonds. The van der Waals surface area contributed by atoms with Crippen LogP contribution in [-0.2, 0) is 0 Å². The van der Waals surface area contributed by atoms with Crippen molar-refractivity contribution >= 4 is 24.0 Å². The smallest absolute Gasteiger partial charge is 0.0446 e. The summed E-state index contributed by atoms with van der Waals surface area (Å²) in [6.45, 7) is 3.58. The first-order valence-corrected chi connectivity index (χ1v) is 6.32. The molecule has 1 fully saturated rings. The van der Waals surface area contributed by atoms with E-state index in [0.29, 0.717) is 6.04 Å². The summed E-state index contributed by atoms with van der Waals surface area (Å²) in [7, 11) is 2.02. The van der Waals surface area contributed by atoms with Crippen LogP contribution in [0.25, 0.3) is 0 Å². The van der Waals surface area contributed by atoms with Crippen molar-refractivity contribution < 1.29 is 0 Å². The summed E-state index contributed by atoms with van der Waals surface area (Å²) in [5.74, 6) is 0. The molecule has 1 aliphatic heterocycles. The van der Waals surface area contributed by atoms with Crippen LogP contribution in [0.4, 0.5) is 0 Å². The maximum absolute atomic E-state index is 5.90. The second kappa shape index (κ2) is 7.22. The molecule has 1 N–H and O–H groups in total. The van der Waals surface area contributed by atoms with E-state index in [0.717, 1.165) is 11.6 Å². The van der Waals surface area contributed by atoms with Gasteiger partial charge in [0.05, 0.1) is 0 Å². The third-order valence-electron chi connectivity index (χ3n) is 3.26. The van der Waals surface area contributed by atoms with E-state index in [2.05, 4.69) is 22.3 Å². The van der Waals surface area contributed by atoms with Crippen LogP contribution >= 0.6 is 24.0 Å². The van der Waals surface area contributed by atoms with Gasteiger partial charge in [-0.1, -0.05) is 23.7 Å². The fourth-order valence-corrected chi connectivity index (χ4v) is 2.41. The molecular formula is C13H20Cl2N2. The average Bonchev–Trinajstić information content (AvgIpc) is 2.80. The maximum atomic E-state index is 5.90. The number of nitrogens with zero attached hydrogens (tertiary/aromatic N) is 1. The highest BCUT2D eigenvalue weighted by Gasteiger charge is 2.17. The van der Waals surface area contributed by atoms with Crippen molar-refractivity contribution in [1.29, 1.82) is 0 Å². The van der Waals surface area contributed by atoms with E-state index in [1.165, 1.54) is 31.5 Å². The zero-order chi connectivity index (χ0) is 11.4. The van der Waals surface area contributed by atoms with Gasteiger partial charge in [-0.15, -0.1) is 12.4 Å². The topological polar surface area (TPSA) is 15.3 Å². The van der Waals surface area contributed by atoms with Gasteiger partial charge in [-0.25, -0.2) is 0 Å². The van der Waals surface area contributed by atoms with Crippen molar-refractivity contribution in [2.24, 2.45) is 0 Å². The Bertz CT molecular complexity index is 321. The molecule has 0 bridgehead atoms. The molecule has 96 valence electrons. The minimum atomic E-state index is 0. The highest BCUT2D eigenvalue weighted by Crippen LogP contribution is 2.19. The van der Waals surface area contributed by atoms with Crippen LogP contribution in [0.15, 0.2) is 24.3 Å². The summed E-state index contributed by atoms with van der Waals surface area (Å²) in [6, 6.07) is 8.56. The highest BCUT2D eigenvalue weighted by atomic mass is 35.5. The Kier molecular flexibility index (Phi) is 6.28. The number of likely N-dealkylation sites (tertiary alicyclic amines) is 1. The lowest BCUT2D eigenvalue weighted by atomic mass is 10.1. The predicted molar refractivity (Wildman–Crippen MR) is 76.2 cm³/mol. The normalized spacial score (nSPS) is 17.8. The molecule has 0 radical (unpaired) electrons. The monoisotopic (exact) mass is 274 g/mol. The molecule has 2 nitrogen and oxygen atoms in total. The maximum Gasteiger partial charge on any atom is 0.0446 e. The van der Waals surface area contributed by atoms with Crippen LogP contribution in [0.2, 0.25) is 5.02 Å². The van der Waals surface area contributed by atoms with Gasteiger partial charge in [0.1, 0.15) is 0 Å². The van der Waals surface area contributed by atoms with Crippen molar-refractivity contribution in [2.45, 2.75) is 18.9 Å². The average molecular weight is 275 g/mol. The molecule has 17 heavy (non-hydrogen) atoms. The van der Waals surface area contributed by atoms with Gasteiger partial charge in [-0.05, 0) is 50.7 Å². The van der Waals surface area contributed by atoms with Gasteiger partial charge in [0.2, 0.25) is 0 Å². The number of halogens is 2. The summed E-state index contributed by atoms with van der Waals surface area (Å²) in [5, 5.41) is 4.19. The fourth-order valence-electron chi connectivity index (χ4n) is 2.28. The van der Waals surface area contributed by atoms with Crippen LogP contribution in [0.5, 0.6) is 0 Å². The zero-order valence-corrected chi connectivity index (χ0v) is 11.7. The van der Waals surface area contributed by atoms with Crippen molar-refractivity contribution in [3.63, 3.8) is 0 Å².